The lowest BCUT2D eigenvalue weighted by Crippen LogP contribution is -2.38. The fourth-order valence-electron chi connectivity index (χ4n) is 2.80. The zero-order valence-corrected chi connectivity index (χ0v) is 15.2. The van der Waals surface area contributed by atoms with Crippen LogP contribution in [0.4, 0.5) is 0 Å². The summed E-state index contributed by atoms with van der Waals surface area (Å²) < 4.78 is 28.6. The number of hydrogen-bond acceptors (Lipinski definition) is 6. The maximum absolute atomic E-state index is 12.9. The van der Waals surface area contributed by atoms with E-state index in [2.05, 4.69) is 10.4 Å². The maximum atomic E-state index is 12.9. The Bertz CT molecular complexity index is 1010. The van der Waals surface area contributed by atoms with E-state index in [9.17, 15) is 23.1 Å². The topological polar surface area (TPSA) is 142 Å². The van der Waals surface area contributed by atoms with Gasteiger partial charge in [-0.3, -0.25) is 9.48 Å². The summed E-state index contributed by atoms with van der Waals surface area (Å²) in [4.78, 5) is 21.9. The number of rotatable bonds is 5. The molecule has 27 heavy (non-hydrogen) atoms. The Morgan fingerprint density at radius 3 is 2.67 bits per heavy atom. The highest BCUT2D eigenvalue weighted by molar-refractivity contribution is 7.89. The van der Waals surface area contributed by atoms with E-state index in [4.69, 9.17) is 5.11 Å². The van der Waals surface area contributed by atoms with Gasteiger partial charge in [0, 0.05) is 13.5 Å². The second-order valence-electron chi connectivity index (χ2n) is 6.08. The van der Waals surface area contributed by atoms with Gasteiger partial charge in [-0.25, -0.2) is 13.2 Å². The average Bonchev–Trinajstić information content (AvgIpc) is 3.02. The second-order valence-corrected chi connectivity index (χ2v) is 8.02. The van der Waals surface area contributed by atoms with Crippen molar-refractivity contribution in [3.05, 3.63) is 41.2 Å². The predicted octanol–water partition coefficient (Wildman–Crippen LogP) is 0.127. The summed E-state index contributed by atoms with van der Waals surface area (Å²) in [6.07, 6.45) is 0. The Labute approximate surface area is 155 Å². The largest absolute Gasteiger partial charge is 0.507 e. The number of phenols is 1. The number of aromatic carboxylic acids is 1. The molecule has 0 saturated heterocycles. The van der Waals surface area contributed by atoms with Crippen LogP contribution in [0, 0.1) is 0 Å². The van der Waals surface area contributed by atoms with Crippen LogP contribution in [0.1, 0.15) is 28.7 Å². The van der Waals surface area contributed by atoms with Crippen LogP contribution in [0.3, 0.4) is 0 Å². The van der Waals surface area contributed by atoms with E-state index in [0.717, 1.165) is 12.1 Å². The van der Waals surface area contributed by atoms with Crippen molar-refractivity contribution in [1.82, 2.24) is 19.4 Å². The van der Waals surface area contributed by atoms with E-state index in [1.807, 2.05) is 0 Å². The summed E-state index contributed by atoms with van der Waals surface area (Å²) in [5, 5.41) is 25.6. The van der Waals surface area contributed by atoms with Crippen LogP contribution in [-0.4, -0.2) is 51.1 Å². The van der Waals surface area contributed by atoms with Gasteiger partial charge in [0.25, 0.3) is 0 Å². The zero-order valence-electron chi connectivity index (χ0n) is 14.4. The van der Waals surface area contributed by atoms with Crippen LogP contribution in [0.2, 0.25) is 0 Å². The lowest BCUT2D eigenvalue weighted by Gasteiger charge is -2.27. The smallest absolute Gasteiger partial charge is 0.339 e. The third-order valence-corrected chi connectivity index (χ3v) is 6.01. The van der Waals surface area contributed by atoms with Crippen molar-refractivity contribution in [2.24, 2.45) is 0 Å². The molecule has 1 aliphatic rings. The Hall–Kier alpha value is -2.92. The van der Waals surface area contributed by atoms with Crippen LogP contribution in [0.25, 0.3) is 0 Å². The first-order chi connectivity index (χ1) is 12.7. The molecule has 1 amide bonds. The standard InChI is InChI=1S/C16H18N4O6S/c1-10(21)17-8-11-6-12-9-19(4-5-20(12)18-11)27(25,26)13-2-3-15(22)14(7-13)16(23)24/h2-3,6-7,22H,4-5,8-9H2,1H3,(H,17,21)(H,23,24). The van der Waals surface area contributed by atoms with Crippen LogP contribution in [0.5, 0.6) is 5.75 Å². The van der Waals surface area contributed by atoms with Crippen molar-refractivity contribution in [2.75, 3.05) is 6.54 Å². The number of carboxylic acids is 1. The van der Waals surface area contributed by atoms with Gasteiger partial charge in [-0.05, 0) is 24.3 Å². The molecule has 3 rings (SSSR count). The van der Waals surface area contributed by atoms with Gasteiger partial charge in [-0.2, -0.15) is 9.40 Å². The highest BCUT2D eigenvalue weighted by Gasteiger charge is 2.30. The van der Waals surface area contributed by atoms with Crippen LogP contribution in [-0.2, 0) is 34.5 Å². The number of benzene rings is 1. The average molecular weight is 394 g/mol. The third-order valence-electron chi connectivity index (χ3n) is 4.17. The summed E-state index contributed by atoms with van der Waals surface area (Å²) in [5.74, 6) is -2.10. The Balaban J connectivity index is 1.84. The van der Waals surface area contributed by atoms with E-state index >= 15 is 0 Å². The van der Waals surface area contributed by atoms with E-state index in [1.54, 1.807) is 10.7 Å². The molecule has 0 atom stereocenters. The molecule has 11 heteroatoms. The molecule has 144 valence electrons. The van der Waals surface area contributed by atoms with Crippen molar-refractivity contribution in [3.63, 3.8) is 0 Å². The maximum Gasteiger partial charge on any atom is 0.339 e. The highest BCUT2D eigenvalue weighted by Crippen LogP contribution is 2.26. The Morgan fingerprint density at radius 2 is 2.00 bits per heavy atom. The van der Waals surface area contributed by atoms with Gasteiger partial charge < -0.3 is 15.5 Å². The molecule has 0 bridgehead atoms. The number of amides is 1. The van der Waals surface area contributed by atoms with Gasteiger partial charge in [0.1, 0.15) is 11.3 Å². The van der Waals surface area contributed by atoms with Crippen LogP contribution < -0.4 is 5.32 Å². The van der Waals surface area contributed by atoms with Crippen LogP contribution >= 0.6 is 0 Å². The van der Waals surface area contributed by atoms with E-state index in [0.29, 0.717) is 17.9 Å². The van der Waals surface area contributed by atoms with Gasteiger partial charge in [-0.1, -0.05) is 0 Å². The molecule has 2 heterocycles. The van der Waals surface area contributed by atoms with Gasteiger partial charge in [0.05, 0.1) is 35.9 Å². The number of nitrogens with zero attached hydrogens (tertiary/aromatic N) is 3. The van der Waals surface area contributed by atoms with Crippen molar-refractivity contribution in [3.8, 4) is 5.75 Å². The first-order valence-corrected chi connectivity index (χ1v) is 9.49. The molecular formula is C16H18N4O6S. The molecule has 10 nitrogen and oxygen atoms in total. The summed E-state index contributed by atoms with van der Waals surface area (Å²) in [6.45, 7) is 2.21. The van der Waals surface area contributed by atoms with Gasteiger partial charge >= 0.3 is 5.97 Å². The van der Waals surface area contributed by atoms with Gasteiger partial charge in [0.2, 0.25) is 15.9 Å². The number of hydrogen-bond donors (Lipinski definition) is 3. The van der Waals surface area contributed by atoms with Gasteiger partial charge in [0.15, 0.2) is 0 Å². The van der Waals surface area contributed by atoms with Gasteiger partial charge in [-0.15, -0.1) is 0 Å². The number of carbonyl (C=O) groups excluding carboxylic acids is 1. The first kappa shape index (κ1) is 18.9. The summed E-state index contributed by atoms with van der Waals surface area (Å²) in [5.41, 5.74) is 0.815. The van der Waals surface area contributed by atoms with E-state index in [1.165, 1.54) is 17.3 Å². The highest BCUT2D eigenvalue weighted by atomic mass is 32.2. The summed E-state index contributed by atoms with van der Waals surface area (Å²) in [6, 6.07) is 4.89. The van der Waals surface area contributed by atoms with E-state index < -0.39 is 27.3 Å². The molecule has 0 aliphatic carbocycles. The molecule has 3 N–H and O–H groups in total. The van der Waals surface area contributed by atoms with Crippen molar-refractivity contribution in [1.29, 1.82) is 0 Å². The zero-order chi connectivity index (χ0) is 19.8. The monoisotopic (exact) mass is 394 g/mol. The molecule has 2 aromatic rings. The molecule has 1 aromatic heterocycles. The molecule has 1 aromatic carbocycles. The fraction of sp³-hybridized carbons (Fsp3) is 0.312. The lowest BCUT2D eigenvalue weighted by atomic mass is 10.2. The van der Waals surface area contributed by atoms with Crippen LogP contribution in [0.15, 0.2) is 29.2 Å². The molecule has 0 unspecified atom stereocenters. The first-order valence-electron chi connectivity index (χ1n) is 8.05. The summed E-state index contributed by atoms with van der Waals surface area (Å²) >= 11 is 0. The number of carbonyl (C=O) groups is 2. The number of fused-ring (bicyclic) bond motifs is 1. The predicted molar refractivity (Wildman–Crippen MR) is 92.4 cm³/mol. The molecule has 0 radical (unpaired) electrons. The minimum atomic E-state index is -3.95. The summed E-state index contributed by atoms with van der Waals surface area (Å²) in [7, 11) is -3.95. The molecule has 1 aliphatic heterocycles. The SMILES string of the molecule is CC(=O)NCc1cc2n(n1)CCN(S(=O)(=O)c1ccc(O)c(C(=O)O)c1)C2. The third kappa shape index (κ3) is 3.78. The Morgan fingerprint density at radius 1 is 1.26 bits per heavy atom. The molecule has 0 fully saturated rings. The second kappa shape index (κ2) is 7.00. The number of sulfonamides is 1. The Kier molecular flexibility index (Phi) is 4.89. The van der Waals surface area contributed by atoms with Crippen molar-refractivity contribution < 1.29 is 28.2 Å². The molecule has 0 spiro atoms. The fourth-order valence-corrected chi connectivity index (χ4v) is 4.23. The number of aromatic nitrogens is 2. The van der Waals surface area contributed by atoms with E-state index in [-0.39, 0.29) is 30.4 Å². The normalized spacial score (nSPS) is 14.6. The molecular weight excluding hydrogens is 376 g/mol. The number of nitrogens with one attached hydrogen (secondary N) is 1. The number of aromatic hydroxyl groups is 1. The minimum Gasteiger partial charge on any atom is -0.507 e. The van der Waals surface area contributed by atoms with Crippen molar-refractivity contribution in [2.45, 2.75) is 31.5 Å². The quantitative estimate of drug-likeness (QED) is 0.654. The molecule has 0 saturated carbocycles. The minimum absolute atomic E-state index is 0.0681. The van der Waals surface area contributed by atoms with Crippen molar-refractivity contribution >= 4 is 21.9 Å². The number of carboxylic acid groups (broad SMARTS) is 1. The lowest BCUT2D eigenvalue weighted by molar-refractivity contribution is -0.119.